The van der Waals surface area contributed by atoms with Crippen molar-refractivity contribution in [1.29, 1.82) is 0 Å². The predicted molar refractivity (Wildman–Crippen MR) is 79.3 cm³/mol. The second-order valence-electron chi connectivity index (χ2n) is 4.56. The lowest BCUT2D eigenvalue weighted by Crippen LogP contribution is -2.28. The maximum Gasteiger partial charge on any atom is 0.183 e. The van der Waals surface area contributed by atoms with Gasteiger partial charge >= 0.3 is 0 Å². The van der Waals surface area contributed by atoms with Crippen LogP contribution in [0.5, 0.6) is 0 Å². The summed E-state index contributed by atoms with van der Waals surface area (Å²) in [6.07, 6.45) is 1.54. The van der Waals surface area contributed by atoms with E-state index in [0.29, 0.717) is 11.3 Å². The summed E-state index contributed by atoms with van der Waals surface area (Å²) in [5, 5.41) is 11.6. The number of rotatable bonds is 6. The lowest BCUT2D eigenvalue weighted by molar-refractivity contribution is 0.547. The van der Waals surface area contributed by atoms with Crippen molar-refractivity contribution in [2.75, 3.05) is 6.54 Å². The fourth-order valence-electron chi connectivity index (χ4n) is 2.04. The Morgan fingerprint density at radius 1 is 1.32 bits per heavy atom. The minimum absolute atomic E-state index is 0.306. The van der Waals surface area contributed by atoms with Crippen LogP contribution < -0.4 is 5.32 Å². The van der Waals surface area contributed by atoms with Crippen LogP contribution in [0.15, 0.2) is 35.7 Å². The van der Waals surface area contributed by atoms with Gasteiger partial charge in [-0.1, -0.05) is 55.4 Å². The van der Waals surface area contributed by atoms with Gasteiger partial charge in [-0.15, -0.1) is 0 Å². The van der Waals surface area contributed by atoms with E-state index < -0.39 is 0 Å². The first-order valence-electron chi connectivity index (χ1n) is 6.52. The van der Waals surface area contributed by atoms with Crippen LogP contribution in [0, 0.1) is 6.92 Å². The van der Waals surface area contributed by atoms with E-state index in [0.717, 1.165) is 11.7 Å². The van der Waals surface area contributed by atoms with Crippen LogP contribution in [-0.2, 0) is 0 Å². The number of H-pyrrole nitrogens is 1. The van der Waals surface area contributed by atoms with Crippen LogP contribution in [0.3, 0.4) is 0 Å². The maximum atomic E-state index is 4.18. The Hall–Kier alpha value is -1.33. The third kappa shape index (κ3) is 3.81. The standard InChI is InChI=1S/C14H20N4S/c1-4-15-13(12-7-5-10(2)6-8-12)11(3)19-14-16-9-17-18-14/h5-9,11,13,15H,4H2,1-3H3,(H,16,17,18). The number of aryl methyl sites for hydroxylation is 1. The Kier molecular flexibility index (Phi) is 4.99. The van der Waals surface area contributed by atoms with Crippen molar-refractivity contribution >= 4 is 11.8 Å². The summed E-state index contributed by atoms with van der Waals surface area (Å²) >= 11 is 1.71. The van der Waals surface area contributed by atoms with E-state index in [1.807, 2.05) is 0 Å². The Morgan fingerprint density at radius 3 is 2.63 bits per heavy atom. The molecule has 0 aliphatic heterocycles. The number of hydrogen-bond acceptors (Lipinski definition) is 4. The van der Waals surface area contributed by atoms with Crippen LogP contribution in [0.25, 0.3) is 0 Å². The van der Waals surface area contributed by atoms with Crippen molar-refractivity contribution in [2.45, 2.75) is 37.2 Å². The molecule has 102 valence electrons. The molecule has 0 aliphatic carbocycles. The summed E-state index contributed by atoms with van der Waals surface area (Å²) in [4.78, 5) is 4.18. The number of thioether (sulfide) groups is 1. The molecule has 2 N–H and O–H groups in total. The monoisotopic (exact) mass is 276 g/mol. The third-order valence-corrected chi connectivity index (χ3v) is 4.08. The molecule has 0 saturated heterocycles. The normalized spacial score (nSPS) is 14.3. The molecule has 1 aromatic carbocycles. The van der Waals surface area contributed by atoms with E-state index in [2.05, 4.69) is 65.5 Å². The smallest absolute Gasteiger partial charge is 0.183 e. The number of aromatic amines is 1. The molecule has 2 atom stereocenters. The molecule has 5 heteroatoms. The zero-order valence-corrected chi connectivity index (χ0v) is 12.4. The predicted octanol–water partition coefficient (Wildman–Crippen LogP) is 2.94. The Balaban J connectivity index is 2.12. The van der Waals surface area contributed by atoms with Crippen LogP contribution >= 0.6 is 11.8 Å². The molecule has 0 aliphatic rings. The van der Waals surface area contributed by atoms with Crippen LogP contribution in [0.2, 0.25) is 0 Å². The molecular weight excluding hydrogens is 256 g/mol. The quantitative estimate of drug-likeness (QED) is 0.797. The van der Waals surface area contributed by atoms with E-state index >= 15 is 0 Å². The van der Waals surface area contributed by atoms with E-state index in [4.69, 9.17) is 0 Å². The molecule has 2 rings (SSSR count). The van der Waals surface area contributed by atoms with Crippen molar-refractivity contribution in [3.05, 3.63) is 41.7 Å². The van der Waals surface area contributed by atoms with Crippen molar-refractivity contribution < 1.29 is 0 Å². The number of nitrogens with zero attached hydrogens (tertiary/aromatic N) is 2. The SMILES string of the molecule is CCNC(c1ccc(C)cc1)C(C)Sc1ncn[nH]1. The second-order valence-corrected chi connectivity index (χ2v) is 5.93. The topological polar surface area (TPSA) is 53.6 Å². The highest BCUT2D eigenvalue weighted by atomic mass is 32.2. The molecule has 4 nitrogen and oxygen atoms in total. The van der Waals surface area contributed by atoms with Gasteiger partial charge in [-0.25, -0.2) is 4.98 Å². The Labute approximate surface area is 118 Å². The molecule has 2 unspecified atom stereocenters. The fourth-order valence-corrected chi connectivity index (χ4v) is 3.00. The van der Waals surface area contributed by atoms with Gasteiger partial charge in [0.15, 0.2) is 5.16 Å². The maximum absolute atomic E-state index is 4.18. The average molecular weight is 276 g/mol. The van der Waals surface area contributed by atoms with E-state index in [1.165, 1.54) is 11.1 Å². The van der Waals surface area contributed by atoms with Gasteiger partial charge in [-0.05, 0) is 19.0 Å². The van der Waals surface area contributed by atoms with E-state index in [1.54, 1.807) is 18.1 Å². The van der Waals surface area contributed by atoms with Gasteiger partial charge in [0.2, 0.25) is 0 Å². The van der Waals surface area contributed by atoms with Crippen molar-refractivity contribution in [3.8, 4) is 0 Å². The average Bonchev–Trinajstić information content (AvgIpc) is 2.90. The van der Waals surface area contributed by atoms with Crippen LogP contribution in [0.4, 0.5) is 0 Å². The largest absolute Gasteiger partial charge is 0.309 e. The lowest BCUT2D eigenvalue weighted by atomic mass is 10.0. The highest BCUT2D eigenvalue weighted by Gasteiger charge is 2.20. The number of hydrogen-bond donors (Lipinski definition) is 2. The first-order valence-corrected chi connectivity index (χ1v) is 7.40. The summed E-state index contributed by atoms with van der Waals surface area (Å²) in [6, 6.07) is 9.01. The summed E-state index contributed by atoms with van der Waals surface area (Å²) in [5.74, 6) is 0. The van der Waals surface area contributed by atoms with Gasteiger partial charge in [0, 0.05) is 11.3 Å². The van der Waals surface area contributed by atoms with Gasteiger partial charge in [-0.2, -0.15) is 5.10 Å². The summed E-state index contributed by atoms with van der Waals surface area (Å²) in [6.45, 7) is 7.39. The first-order chi connectivity index (χ1) is 9.20. The summed E-state index contributed by atoms with van der Waals surface area (Å²) < 4.78 is 0. The molecule has 0 saturated carbocycles. The second kappa shape index (κ2) is 6.73. The zero-order chi connectivity index (χ0) is 13.7. The molecule has 0 radical (unpaired) electrons. The first kappa shape index (κ1) is 14.1. The third-order valence-electron chi connectivity index (χ3n) is 3.02. The molecule has 2 aromatic rings. The van der Waals surface area contributed by atoms with Gasteiger partial charge in [0.1, 0.15) is 6.33 Å². The molecule has 1 aromatic heterocycles. The number of nitrogens with one attached hydrogen (secondary N) is 2. The van der Waals surface area contributed by atoms with Gasteiger partial charge in [0.05, 0.1) is 0 Å². The summed E-state index contributed by atoms with van der Waals surface area (Å²) in [5.41, 5.74) is 2.60. The van der Waals surface area contributed by atoms with E-state index in [-0.39, 0.29) is 0 Å². The molecule has 0 amide bonds. The molecule has 19 heavy (non-hydrogen) atoms. The van der Waals surface area contributed by atoms with Gasteiger partial charge < -0.3 is 5.32 Å². The van der Waals surface area contributed by atoms with Crippen LogP contribution in [-0.4, -0.2) is 27.0 Å². The highest BCUT2D eigenvalue weighted by Crippen LogP contribution is 2.29. The number of aromatic nitrogens is 3. The van der Waals surface area contributed by atoms with Crippen molar-refractivity contribution in [1.82, 2.24) is 20.5 Å². The van der Waals surface area contributed by atoms with Crippen molar-refractivity contribution in [2.24, 2.45) is 0 Å². The van der Waals surface area contributed by atoms with Crippen LogP contribution in [0.1, 0.15) is 31.0 Å². The fraction of sp³-hybridized carbons (Fsp3) is 0.429. The van der Waals surface area contributed by atoms with Gasteiger partial charge in [-0.3, -0.25) is 5.10 Å². The number of benzene rings is 1. The van der Waals surface area contributed by atoms with E-state index in [9.17, 15) is 0 Å². The molecule has 0 fully saturated rings. The lowest BCUT2D eigenvalue weighted by Gasteiger charge is -2.24. The summed E-state index contributed by atoms with van der Waals surface area (Å²) in [7, 11) is 0. The Bertz CT molecular complexity index is 481. The Morgan fingerprint density at radius 2 is 2.05 bits per heavy atom. The molecule has 0 bridgehead atoms. The molecule has 1 heterocycles. The minimum atomic E-state index is 0.306. The van der Waals surface area contributed by atoms with Gasteiger partial charge in [0.25, 0.3) is 0 Å². The van der Waals surface area contributed by atoms with Crippen molar-refractivity contribution in [3.63, 3.8) is 0 Å². The zero-order valence-electron chi connectivity index (χ0n) is 11.6. The highest BCUT2D eigenvalue weighted by molar-refractivity contribution is 7.99. The minimum Gasteiger partial charge on any atom is -0.309 e. The molecular formula is C14H20N4S. The molecule has 0 spiro atoms.